The molecule has 0 bridgehead atoms. The number of hydrogen-bond acceptors (Lipinski definition) is 3. The summed E-state index contributed by atoms with van der Waals surface area (Å²) >= 11 is 3.35. The quantitative estimate of drug-likeness (QED) is 0.824. The number of benzene rings is 1. The SMILES string of the molecule is CC(O)c1cc2c(cc1Br)OCO2. The molecule has 1 N–H and O–H groups in total. The summed E-state index contributed by atoms with van der Waals surface area (Å²) in [7, 11) is 0. The van der Waals surface area contributed by atoms with Crippen molar-refractivity contribution in [2.45, 2.75) is 13.0 Å². The molecule has 1 heterocycles. The fourth-order valence-electron chi connectivity index (χ4n) is 1.25. The molecule has 0 fully saturated rings. The zero-order valence-corrected chi connectivity index (χ0v) is 8.67. The minimum absolute atomic E-state index is 0.255. The molecule has 1 atom stereocenters. The molecule has 1 aromatic carbocycles. The van der Waals surface area contributed by atoms with Gasteiger partial charge in [0.05, 0.1) is 6.10 Å². The van der Waals surface area contributed by atoms with Gasteiger partial charge >= 0.3 is 0 Å². The predicted molar refractivity (Wildman–Crippen MR) is 50.9 cm³/mol. The first-order valence-electron chi connectivity index (χ1n) is 3.95. The summed E-state index contributed by atoms with van der Waals surface area (Å²) in [6.07, 6.45) is -0.510. The van der Waals surface area contributed by atoms with Gasteiger partial charge in [0.2, 0.25) is 6.79 Å². The van der Waals surface area contributed by atoms with Gasteiger partial charge in [-0.15, -0.1) is 0 Å². The van der Waals surface area contributed by atoms with Crippen LogP contribution in [-0.4, -0.2) is 11.9 Å². The van der Waals surface area contributed by atoms with Gasteiger partial charge in [-0.05, 0) is 24.6 Å². The number of aliphatic hydroxyl groups is 1. The number of rotatable bonds is 1. The third kappa shape index (κ3) is 1.51. The predicted octanol–water partition coefficient (Wildman–Crippen LogP) is 2.23. The third-order valence-electron chi connectivity index (χ3n) is 1.94. The Balaban J connectivity index is 2.49. The van der Waals surface area contributed by atoms with Crippen molar-refractivity contribution in [1.82, 2.24) is 0 Å². The van der Waals surface area contributed by atoms with Gasteiger partial charge in [0.25, 0.3) is 0 Å². The Labute approximate surface area is 84.4 Å². The summed E-state index contributed by atoms with van der Waals surface area (Å²) in [5.41, 5.74) is 0.809. The van der Waals surface area contributed by atoms with Crippen molar-refractivity contribution in [3.63, 3.8) is 0 Å². The van der Waals surface area contributed by atoms with Crippen LogP contribution in [0.1, 0.15) is 18.6 Å². The molecule has 13 heavy (non-hydrogen) atoms. The van der Waals surface area contributed by atoms with Crippen molar-refractivity contribution in [2.24, 2.45) is 0 Å². The number of fused-ring (bicyclic) bond motifs is 1. The van der Waals surface area contributed by atoms with Crippen LogP contribution in [0.15, 0.2) is 16.6 Å². The number of ether oxygens (including phenoxy) is 2. The van der Waals surface area contributed by atoms with Gasteiger partial charge in [-0.1, -0.05) is 15.9 Å². The normalized spacial score (nSPS) is 15.9. The zero-order valence-electron chi connectivity index (χ0n) is 7.08. The van der Waals surface area contributed by atoms with Crippen LogP contribution in [0.2, 0.25) is 0 Å². The average molecular weight is 245 g/mol. The second-order valence-corrected chi connectivity index (χ2v) is 3.76. The van der Waals surface area contributed by atoms with E-state index in [-0.39, 0.29) is 6.79 Å². The van der Waals surface area contributed by atoms with Crippen LogP contribution in [0.4, 0.5) is 0 Å². The standard InChI is InChI=1S/C9H9BrO3/c1-5(11)6-2-8-9(3-7(6)10)13-4-12-8/h2-3,5,11H,4H2,1H3. The van der Waals surface area contributed by atoms with Crippen LogP contribution >= 0.6 is 15.9 Å². The van der Waals surface area contributed by atoms with E-state index in [1.54, 1.807) is 13.0 Å². The van der Waals surface area contributed by atoms with Crippen LogP contribution in [0.3, 0.4) is 0 Å². The van der Waals surface area contributed by atoms with Gasteiger partial charge in [-0.2, -0.15) is 0 Å². The van der Waals surface area contributed by atoms with Crippen molar-refractivity contribution in [1.29, 1.82) is 0 Å². The molecular weight excluding hydrogens is 236 g/mol. The smallest absolute Gasteiger partial charge is 0.231 e. The number of hydrogen-bond donors (Lipinski definition) is 1. The van der Waals surface area contributed by atoms with E-state index in [4.69, 9.17) is 9.47 Å². The lowest BCUT2D eigenvalue weighted by Crippen LogP contribution is -1.93. The molecule has 1 aliphatic heterocycles. The maximum atomic E-state index is 9.41. The van der Waals surface area contributed by atoms with Crippen LogP contribution < -0.4 is 9.47 Å². The van der Waals surface area contributed by atoms with Crippen molar-refractivity contribution >= 4 is 15.9 Å². The van der Waals surface area contributed by atoms with Crippen LogP contribution in [0.25, 0.3) is 0 Å². The summed E-state index contributed by atoms with van der Waals surface area (Å²) in [5.74, 6) is 1.41. The molecule has 0 saturated heterocycles. The van der Waals surface area contributed by atoms with Gasteiger partial charge in [-0.25, -0.2) is 0 Å². The summed E-state index contributed by atoms with van der Waals surface area (Å²) in [6.45, 7) is 1.97. The molecule has 0 radical (unpaired) electrons. The molecule has 1 aromatic rings. The molecule has 3 nitrogen and oxygen atoms in total. The Morgan fingerprint density at radius 2 is 2.00 bits per heavy atom. The van der Waals surface area contributed by atoms with Crippen LogP contribution in [-0.2, 0) is 0 Å². The van der Waals surface area contributed by atoms with Crippen LogP contribution in [0, 0.1) is 0 Å². The lowest BCUT2D eigenvalue weighted by Gasteiger charge is -2.08. The highest BCUT2D eigenvalue weighted by molar-refractivity contribution is 9.10. The highest BCUT2D eigenvalue weighted by atomic mass is 79.9. The van der Waals surface area contributed by atoms with E-state index in [1.165, 1.54) is 0 Å². The topological polar surface area (TPSA) is 38.7 Å². The molecule has 0 aromatic heterocycles. The first kappa shape index (κ1) is 8.84. The molecule has 0 spiro atoms. The Morgan fingerprint density at radius 3 is 2.62 bits per heavy atom. The fraction of sp³-hybridized carbons (Fsp3) is 0.333. The highest BCUT2D eigenvalue weighted by Gasteiger charge is 2.17. The molecule has 2 rings (SSSR count). The lowest BCUT2D eigenvalue weighted by molar-refractivity contribution is 0.173. The van der Waals surface area contributed by atoms with E-state index in [2.05, 4.69) is 15.9 Å². The van der Waals surface area contributed by atoms with E-state index in [1.807, 2.05) is 6.07 Å². The number of halogens is 1. The molecule has 1 unspecified atom stereocenters. The minimum Gasteiger partial charge on any atom is -0.454 e. The Hall–Kier alpha value is -0.740. The maximum Gasteiger partial charge on any atom is 0.231 e. The van der Waals surface area contributed by atoms with Gasteiger partial charge in [0.15, 0.2) is 11.5 Å². The second-order valence-electron chi connectivity index (χ2n) is 2.90. The summed E-state index contributed by atoms with van der Waals surface area (Å²) in [6, 6.07) is 3.60. The summed E-state index contributed by atoms with van der Waals surface area (Å²) in [5, 5.41) is 9.41. The van der Waals surface area contributed by atoms with Gasteiger partial charge in [0, 0.05) is 4.47 Å². The summed E-state index contributed by atoms with van der Waals surface area (Å²) in [4.78, 5) is 0. The maximum absolute atomic E-state index is 9.41. The first-order valence-corrected chi connectivity index (χ1v) is 4.75. The highest BCUT2D eigenvalue weighted by Crippen LogP contribution is 2.38. The Kier molecular flexibility index (Phi) is 2.17. The molecule has 0 aliphatic carbocycles. The molecular formula is C9H9BrO3. The minimum atomic E-state index is -0.510. The van der Waals surface area contributed by atoms with Crippen LogP contribution in [0.5, 0.6) is 11.5 Å². The van der Waals surface area contributed by atoms with Crippen molar-refractivity contribution < 1.29 is 14.6 Å². The van der Waals surface area contributed by atoms with E-state index >= 15 is 0 Å². The molecule has 4 heteroatoms. The first-order chi connectivity index (χ1) is 6.18. The fourth-order valence-corrected chi connectivity index (χ4v) is 1.91. The van der Waals surface area contributed by atoms with E-state index in [0.29, 0.717) is 5.75 Å². The second kappa shape index (κ2) is 3.20. The van der Waals surface area contributed by atoms with E-state index < -0.39 is 6.10 Å². The van der Waals surface area contributed by atoms with Crippen molar-refractivity contribution in [3.8, 4) is 11.5 Å². The average Bonchev–Trinajstić information content (AvgIpc) is 2.48. The van der Waals surface area contributed by atoms with Gasteiger partial charge in [-0.3, -0.25) is 0 Å². The van der Waals surface area contributed by atoms with E-state index in [0.717, 1.165) is 15.8 Å². The monoisotopic (exact) mass is 244 g/mol. The molecule has 1 aliphatic rings. The molecule has 0 saturated carbocycles. The lowest BCUT2D eigenvalue weighted by atomic mass is 10.1. The van der Waals surface area contributed by atoms with E-state index in [9.17, 15) is 5.11 Å². The molecule has 70 valence electrons. The van der Waals surface area contributed by atoms with Crippen molar-refractivity contribution in [2.75, 3.05) is 6.79 Å². The summed E-state index contributed by atoms with van der Waals surface area (Å²) < 4.78 is 11.2. The van der Waals surface area contributed by atoms with Gasteiger partial charge < -0.3 is 14.6 Å². The Bertz CT molecular complexity index is 336. The Morgan fingerprint density at radius 1 is 1.38 bits per heavy atom. The number of aliphatic hydroxyl groups excluding tert-OH is 1. The van der Waals surface area contributed by atoms with Gasteiger partial charge in [0.1, 0.15) is 0 Å². The zero-order chi connectivity index (χ0) is 9.42. The molecule has 0 amide bonds. The van der Waals surface area contributed by atoms with Crippen molar-refractivity contribution in [3.05, 3.63) is 22.2 Å². The largest absolute Gasteiger partial charge is 0.454 e. The third-order valence-corrected chi connectivity index (χ3v) is 2.63.